The van der Waals surface area contributed by atoms with E-state index in [2.05, 4.69) is 10.6 Å². The van der Waals surface area contributed by atoms with Crippen LogP contribution in [0.25, 0.3) is 0 Å². The van der Waals surface area contributed by atoms with E-state index in [-0.39, 0.29) is 25.6 Å². The third kappa shape index (κ3) is 5.09. The van der Waals surface area contributed by atoms with Crippen LogP contribution < -0.4 is 10.6 Å². The molecule has 1 heterocycles. The highest BCUT2D eigenvalue weighted by Gasteiger charge is 2.30. The maximum Gasteiger partial charge on any atom is 0.323 e. The Morgan fingerprint density at radius 1 is 1.14 bits per heavy atom. The first-order chi connectivity index (χ1) is 13.2. The molecule has 0 fully saturated rings. The summed E-state index contributed by atoms with van der Waals surface area (Å²) in [6, 6.07) is 4.06. The van der Waals surface area contributed by atoms with Crippen molar-refractivity contribution < 1.29 is 18.3 Å². The first kappa shape index (κ1) is 22.8. The predicted molar refractivity (Wildman–Crippen MR) is 114 cm³/mol. The zero-order chi connectivity index (χ0) is 20.9. The Morgan fingerprint density at radius 2 is 1.75 bits per heavy atom. The molecule has 0 bridgehead atoms. The number of urea groups is 1. The van der Waals surface area contributed by atoms with Crippen molar-refractivity contribution in [3.8, 4) is 5.75 Å². The minimum Gasteiger partial charge on any atom is -0.504 e. The van der Waals surface area contributed by atoms with E-state index in [1.807, 2.05) is 13.8 Å². The standard InChI is InChI=1S/C17H21Cl2N3O4S2/c1-3-8-22(9-4-2)28(25,26)16-15(23)13(10-27-16)21-17(24)20-12-7-5-6-11(18)14(12)19/h5-7,10,23H,3-4,8-9H2,1-2H3,(H2,20,21,24). The number of hydrogen-bond acceptors (Lipinski definition) is 5. The minimum absolute atomic E-state index is 0.00725. The smallest absolute Gasteiger partial charge is 0.323 e. The summed E-state index contributed by atoms with van der Waals surface area (Å²) in [5.41, 5.74) is 0.276. The Morgan fingerprint density at radius 3 is 2.36 bits per heavy atom. The van der Waals surface area contributed by atoms with Gasteiger partial charge in [-0.3, -0.25) is 0 Å². The molecule has 28 heavy (non-hydrogen) atoms. The Kier molecular flexibility index (Phi) is 7.97. The van der Waals surface area contributed by atoms with E-state index >= 15 is 0 Å². The molecular weight excluding hydrogens is 445 g/mol. The van der Waals surface area contributed by atoms with Crippen molar-refractivity contribution in [2.24, 2.45) is 0 Å². The lowest BCUT2D eigenvalue weighted by Gasteiger charge is -2.20. The average Bonchev–Trinajstić information content (AvgIpc) is 3.00. The van der Waals surface area contributed by atoms with Crippen molar-refractivity contribution in [1.29, 1.82) is 0 Å². The maximum atomic E-state index is 12.8. The van der Waals surface area contributed by atoms with Gasteiger partial charge in [0.05, 0.1) is 21.4 Å². The molecule has 3 N–H and O–H groups in total. The Balaban J connectivity index is 2.20. The summed E-state index contributed by atoms with van der Waals surface area (Å²) in [7, 11) is -3.85. The number of benzene rings is 1. The highest BCUT2D eigenvalue weighted by atomic mass is 35.5. The van der Waals surface area contributed by atoms with Crippen molar-refractivity contribution >= 4 is 62.0 Å². The highest BCUT2D eigenvalue weighted by molar-refractivity contribution is 7.91. The lowest BCUT2D eigenvalue weighted by Crippen LogP contribution is -2.32. The van der Waals surface area contributed by atoms with Crippen LogP contribution in [0.3, 0.4) is 0 Å². The zero-order valence-electron chi connectivity index (χ0n) is 15.3. The number of halogens is 2. The number of amides is 2. The van der Waals surface area contributed by atoms with Gasteiger partial charge in [0, 0.05) is 18.5 Å². The molecule has 0 aliphatic rings. The predicted octanol–water partition coefficient (Wildman–Crippen LogP) is 5.22. The summed E-state index contributed by atoms with van der Waals surface area (Å²) in [6.07, 6.45) is 1.30. The molecular formula is C17H21Cl2N3O4S2. The van der Waals surface area contributed by atoms with E-state index in [0.29, 0.717) is 25.9 Å². The topological polar surface area (TPSA) is 98.7 Å². The summed E-state index contributed by atoms with van der Waals surface area (Å²) in [5, 5.41) is 17.1. The summed E-state index contributed by atoms with van der Waals surface area (Å²) in [6.45, 7) is 4.46. The van der Waals surface area contributed by atoms with Gasteiger partial charge in [-0.15, -0.1) is 11.3 Å². The molecule has 0 unspecified atom stereocenters. The van der Waals surface area contributed by atoms with Crippen molar-refractivity contribution in [3.05, 3.63) is 33.6 Å². The molecule has 0 radical (unpaired) electrons. The number of rotatable bonds is 8. The molecule has 7 nitrogen and oxygen atoms in total. The zero-order valence-corrected chi connectivity index (χ0v) is 18.5. The fourth-order valence-corrected chi connectivity index (χ4v) is 5.80. The summed E-state index contributed by atoms with van der Waals surface area (Å²) in [4.78, 5) is 12.2. The van der Waals surface area contributed by atoms with Gasteiger partial charge in [-0.05, 0) is 25.0 Å². The number of thiophene rings is 1. The number of carbonyl (C=O) groups is 1. The van der Waals surface area contributed by atoms with E-state index in [9.17, 15) is 18.3 Å². The first-order valence-electron chi connectivity index (χ1n) is 8.54. The number of sulfonamides is 1. The van der Waals surface area contributed by atoms with Gasteiger partial charge in [0.2, 0.25) is 0 Å². The number of carbonyl (C=O) groups excluding carboxylic acids is 1. The quantitative estimate of drug-likeness (QED) is 0.497. The maximum absolute atomic E-state index is 12.8. The molecule has 0 aliphatic heterocycles. The molecule has 154 valence electrons. The molecule has 1 aromatic heterocycles. The molecule has 0 aliphatic carbocycles. The van der Waals surface area contributed by atoms with Crippen molar-refractivity contribution in [2.45, 2.75) is 30.9 Å². The molecule has 0 atom stereocenters. The second kappa shape index (κ2) is 9.80. The van der Waals surface area contributed by atoms with Crippen LogP contribution in [0.1, 0.15) is 26.7 Å². The van der Waals surface area contributed by atoms with E-state index < -0.39 is 21.8 Å². The van der Waals surface area contributed by atoms with Crippen LogP contribution in [0.15, 0.2) is 27.8 Å². The number of anilines is 2. The van der Waals surface area contributed by atoms with Gasteiger partial charge in [0.1, 0.15) is 0 Å². The Hall–Kier alpha value is -1.52. The van der Waals surface area contributed by atoms with Crippen LogP contribution in [0.4, 0.5) is 16.2 Å². The highest BCUT2D eigenvalue weighted by Crippen LogP contribution is 2.39. The Labute approximate surface area is 178 Å². The lowest BCUT2D eigenvalue weighted by atomic mass is 10.3. The summed E-state index contributed by atoms with van der Waals surface area (Å²) in [5.74, 6) is -0.491. The average molecular weight is 466 g/mol. The van der Waals surface area contributed by atoms with E-state index in [1.54, 1.807) is 18.2 Å². The van der Waals surface area contributed by atoms with Crippen LogP contribution in [0.5, 0.6) is 5.75 Å². The van der Waals surface area contributed by atoms with Crippen LogP contribution in [-0.4, -0.2) is 37.0 Å². The van der Waals surface area contributed by atoms with Crippen molar-refractivity contribution in [3.63, 3.8) is 0 Å². The van der Waals surface area contributed by atoms with Gasteiger partial charge < -0.3 is 15.7 Å². The second-order valence-corrected chi connectivity index (χ2v) is 9.67. The SMILES string of the molecule is CCCN(CCC)S(=O)(=O)c1scc(NC(=O)Nc2cccc(Cl)c2Cl)c1O. The molecule has 0 saturated heterocycles. The minimum atomic E-state index is -3.85. The molecule has 0 saturated carbocycles. The number of nitrogens with one attached hydrogen (secondary N) is 2. The van der Waals surface area contributed by atoms with Crippen LogP contribution in [0, 0.1) is 0 Å². The lowest BCUT2D eigenvalue weighted by molar-refractivity contribution is 0.262. The fourth-order valence-electron chi connectivity index (χ4n) is 2.45. The van der Waals surface area contributed by atoms with Crippen molar-refractivity contribution in [2.75, 3.05) is 23.7 Å². The van der Waals surface area contributed by atoms with Gasteiger partial charge in [0.25, 0.3) is 10.0 Å². The normalized spacial score (nSPS) is 11.6. The molecule has 2 amide bonds. The van der Waals surface area contributed by atoms with E-state index in [1.165, 1.54) is 9.69 Å². The monoisotopic (exact) mass is 465 g/mol. The number of aromatic hydroxyl groups is 1. The van der Waals surface area contributed by atoms with Gasteiger partial charge >= 0.3 is 6.03 Å². The van der Waals surface area contributed by atoms with Gasteiger partial charge in [0.15, 0.2) is 9.96 Å². The summed E-state index contributed by atoms with van der Waals surface area (Å²) >= 11 is 12.8. The van der Waals surface area contributed by atoms with Gasteiger partial charge in [-0.25, -0.2) is 13.2 Å². The largest absolute Gasteiger partial charge is 0.504 e. The first-order valence-corrected chi connectivity index (χ1v) is 11.6. The van der Waals surface area contributed by atoms with Crippen LogP contribution in [-0.2, 0) is 10.0 Å². The van der Waals surface area contributed by atoms with E-state index in [4.69, 9.17) is 23.2 Å². The second-order valence-electron chi connectivity index (χ2n) is 5.87. The molecule has 2 rings (SSSR count). The Bertz CT molecular complexity index is 942. The summed E-state index contributed by atoms with van der Waals surface area (Å²) < 4.78 is 26.8. The molecule has 2 aromatic rings. The van der Waals surface area contributed by atoms with E-state index in [0.717, 1.165) is 11.3 Å². The molecule has 11 heteroatoms. The van der Waals surface area contributed by atoms with Crippen LogP contribution in [0.2, 0.25) is 10.0 Å². The van der Waals surface area contributed by atoms with Crippen LogP contribution >= 0.6 is 34.5 Å². The third-order valence-electron chi connectivity index (χ3n) is 3.70. The molecule has 0 spiro atoms. The fraction of sp³-hybridized carbons (Fsp3) is 0.353. The third-order valence-corrected chi connectivity index (χ3v) is 7.91. The van der Waals surface area contributed by atoms with Crippen molar-refractivity contribution in [1.82, 2.24) is 4.31 Å². The number of nitrogens with zero attached hydrogens (tertiary/aromatic N) is 1. The van der Waals surface area contributed by atoms with Gasteiger partial charge in [-0.1, -0.05) is 43.1 Å². The van der Waals surface area contributed by atoms with Gasteiger partial charge in [-0.2, -0.15) is 4.31 Å². The molecule has 1 aromatic carbocycles. The number of hydrogen-bond donors (Lipinski definition) is 3.